The minimum absolute atomic E-state index is 0.0251. The molecule has 0 aliphatic carbocycles. The highest BCUT2D eigenvalue weighted by molar-refractivity contribution is 6.30. The van der Waals surface area contributed by atoms with Crippen LogP contribution >= 0.6 is 11.6 Å². The Morgan fingerprint density at radius 2 is 2.00 bits per heavy atom. The van der Waals surface area contributed by atoms with E-state index in [0.29, 0.717) is 29.9 Å². The van der Waals surface area contributed by atoms with Crippen molar-refractivity contribution in [1.82, 2.24) is 19.9 Å². The van der Waals surface area contributed by atoms with E-state index < -0.39 is 11.6 Å². The second kappa shape index (κ2) is 9.19. The Labute approximate surface area is 195 Å². The van der Waals surface area contributed by atoms with Crippen LogP contribution in [0.15, 0.2) is 35.1 Å². The van der Waals surface area contributed by atoms with E-state index in [4.69, 9.17) is 17.3 Å². The third kappa shape index (κ3) is 4.68. The van der Waals surface area contributed by atoms with Crippen LogP contribution in [0.5, 0.6) is 0 Å². The van der Waals surface area contributed by atoms with Crippen LogP contribution in [-0.4, -0.2) is 20.4 Å². The van der Waals surface area contributed by atoms with E-state index in [-0.39, 0.29) is 35.8 Å². The molecule has 172 valence electrons. The zero-order valence-electron chi connectivity index (χ0n) is 18.3. The van der Waals surface area contributed by atoms with E-state index >= 15 is 0 Å². The topological polar surface area (TPSA) is 115 Å². The Morgan fingerprint density at radius 1 is 1.21 bits per heavy atom. The zero-order valence-corrected chi connectivity index (χ0v) is 19.0. The average molecular weight is 471 g/mol. The van der Waals surface area contributed by atoms with Crippen molar-refractivity contribution in [2.75, 3.05) is 11.1 Å². The van der Waals surface area contributed by atoms with Gasteiger partial charge in [-0.3, -0.25) is 14.2 Å². The van der Waals surface area contributed by atoms with Gasteiger partial charge in [0.1, 0.15) is 17.7 Å². The molecule has 1 atom stereocenters. The number of carbonyl (C=O) groups is 1. The second-order valence-electron chi connectivity index (χ2n) is 8.07. The van der Waals surface area contributed by atoms with Gasteiger partial charge in [0.15, 0.2) is 11.0 Å². The maximum Gasteiger partial charge on any atom is 0.294 e. The SMILES string of the molecule is Cc1ccc(F)c(CNc2nc(Cl)c3n(c2=O)[C@H](C(=O)NCc2ccc(N)nc2C)CC3)c1. The first kappa shape index (κ1) is 22.7. The number of anilines is 2. The van der Waals surface area contributed by atoms with E-state index in [9.17, 15) is 14.0 Å². The molecule has 1 aromatic carbocycles. The maximum atomic E-state index is 14.1. The highest BCUT2D eigenvalue weighted by Crippen LogP contribution is 2.29. The Balaban J connectivity index is 1.54. The van der Waals surface area contributed by atoms with E-state index in [2.05, 4.69) is 20.6 Å². The molecular weight excluding hydrogens is 447 g/mol. The molecule has 4 N–H and O–H groups in total. The van der Waals surface area contributed by atoms with Crippen molar-refractivity contribution in [3.05, 3.63) is 79.7 Å². The molecule has 0 saturated carbocycles. The maximum absolute atomic E-state index is 14.1. The average Bonchev–Trinajstić information content (AvgIpc) is 3.23. The van der Waals surface area contributed by atoms with Crippen molar-refractivity contribution < 1.29 is 9.18 Å². The fourth-order valence-corrected chi connectivity index (χ4v) is 4.25. The van der Waals surface area contributed by atoms with Crippen LogP contribution in [0.3, 0.4) is 0 Å². The molecule has 10 heteroatoms. The van der Waals surface area contributed by atoms with Crippen LogP contribution in [0.2, 0.25) is 5.15 Å². The van der Waals surface area contributed by atoms with Crippen molar-refractivity contribution in [1.29, 1.82) is 0 Å². The van der Waals surface area contributed by atoms with Crippen molar-refractivity contribution in [3.8, 4) is 0 Å². The molecule has 1 aliphatic heterocycles. The minimum Gasteiger partial charge on any atom is -0.384 e. The number of nitrogens with two attached hydrogens (primary N) is 1. The van der Waals surface area contributed by atoms with Gasteiger partial charge >= 0.3 is 0 Å². The molecule has 0 bridgehead atoms. The zero-order chi connectivity index (χ0) is 23.7. The molecule has 1 amide bonds. The number of pyridine rings is 1. The summed E-state index contributed by atoms with van der Waals surface area (Å²) in [4.78, 5) is 34.5. The standard InChI is InChI=1S/C23H24ClFN6O2/c1-12-3-5-16(25)15(9-12)11-27-21-23(33)31-17(20(24)30-21)6-7-18(31)22(32)28-10-14-4-8-19(26)29-13(14)2/h3-5,8-9,18H,6-7,10-11H2,1-2H3,(H2,26,29)(H,27,30)(H,28,32)/t18-/m0/s1. The molecule has 2 aromatic heterocycles. The van der Waals surface area contributed by atoms with Gasteiger partial charge in [0.05, 0.1) is 5.69 Å². The number of benzene rings is 1. The Kier molecular flexibility index (Phi) is 6.33. The molecule has 1 aliphatic rings. The smallest absolute Gasteiger partial charge is 0.294 e. The van der Waals surface area contributed by atoms with E-state index in [1.807, 2.05) is 13.8 Å². The molecule has 0 unspecified atom stereocenters. The van der Waals surface area contributed by atoms with Crippen LogP contribution in [0, 0.1) is 19.7 Å². The number of rotatable bonds is 6. The van der Waals surface area contributed by atoms with Gasteiger partial charge in [-0.1, -0.05) is 35.4 Å². The number of amides is 1. The minimum atomic E-state index is -0.716. The number of hydrogen-bond donors (Lipinski definition) is 3. The summed E-state index contributed by atoms with van der Waals surface area (Å²) in [6.07, 6.45) is 0.881. The van der Waals surface area contributed by atoms with Gasteiger partial charge in [0.25, 0.3) is 5.56 Å². The molecule has 0 saturated heterocycles. The van der Waals surface area contributed by atoms with Crippen LogP contribution in [0.1, 0.15) is 40.5 Å². The fraction of sp³-hybridized carbons (Fsp3) is 0.304. The molecule has 0 spiro atoms. The van der Waals surface area contributed by atoms with E-state index in [0.717, 1.165) is 16.8 Å². The van der Waals surface area contributed by atoms with E-state index in [1.165, 1.54) is 10.6 Å². The monoisotopic (exact) mass is 470 g/mol. The predicted molar refractivity (Wildman–Crippen MR) is 125 cm³/mol. The quantitative estimate of drug-likeness (QED) is 0.510. The molecular formula is C23H24ClFN6O2. The normalized spacial score (nSPS) is 14.7. The van der Waals surface area contributed by atoms with Gasteiger partial charge in [0, 0.05) is 24.3 Å². The van der Waals surface area contributed by atoms with Crippen molar-refractivity contribution in [2.24, 2.45) is 0 Å². The summed E-state index contributed by atoms with van der Waals surface area (Å²) in [6.45, 7) is 3.99. The fourth-order valence-electron chi connectivity index (χ4n) is 3.98. The van der Waals surface area contributed by atoms with Gasteiger partial charge in [-0.05, 0) is 44.4 Å². The van der Waals surface area contributed by atoms with E-state index in [1.54, 1.807) is 24.3 Å². The molecule has 3 aromatic rings. The Bertz CT molecular complexity index is 1290. The summed E-state index contributed by atoms with van der Waals surface area (Å²) in [7, 11) is 0. The van der Waals surface area contributed by atoms with Gasteiger partial charge in [-0.15, -0.1) is 0 Å². The second-order valence-corrected chi connectivity index (χ2v) is 8.43. The number of nitrogens with zero attached hydrogens (tertiary/aromatic N) is 3. The largest absolute Gasteiger partial charge is 0.384 e. The first-order valence-electron chi connectivity index (χ1n) is 10.5. The third-order valence-electron chi connectivity index (χ3n) is 5.75. The molecule has 0 radical (unpaired) electrons. The lowest BCUT2D eigenvalue weighted by atomic mass is 10.1. The number of aryl methyl sites for hydroxylation is 2. The molecule has 0 fully saturated rings. The summed E-state index contributed by atoms with van der Waals surface area (Å²) in [5.74, 6) is -0.301. The lowest BCUT2D eigenvalue weighted by Crippen LogP contribution is -2.36. The van der Waals surface area contributed by atoms with Gasteiger partial charge in [-0.2, -0.15) is 0 Å². The highest BCUT2D eigenvalue weighted by atomic mass is 35.5. The van der Waals surface area contributed by atoms with Crippen LogP contribution in [0.25, 0.3) is 0 Å². The van der Waals surface area contributed by atoms with Gasteiger partial charge < -0.3 is 16.4 Å². The molecule has 4 rings (SSSR count). The lowest BCUT2D eigenvalue weighted by molar-refractivity contribution is -0.124. The van der Waals surface area contributed by atoms with Gasteiger partial charge in [-0.25, -0.2) is 14.4 Å². The lowest BCUT2D eigenvalue weighted by Gasteiger charge is -2.17. The first-order valence-corrected chi connectivity index (χ1v) is 10.9. The molecule has 3 heterocycles. The molecule has 33 heavy (non-hydrogen) atoms. The van der Waals surface area contributed by atoms with Crippen LogP contribution in [-0.2, 0) is 24.3 Å². The number of nitrogen functional groups attached to an aromatic ring is 1. The Hall–Kier alpha value is -3.46. The number of aromatic nitrogens is 3. The summed E-state index contributed by atoms with van der Waals surface area (Å²) < 4.78 is 15.5. The van der Waals surface area contributed by atoms with Crippen LogP contribution in [0.4, 0.5) is 16.0 Å². The summed E-state index contributed by atoms with van der Waals surface area (Å²) in [5, 5.41) is 5.89. The number of fused-ring (bicyclic) bond motifs is 1. The number of nitrogens with one attached hydrogen (secondary N) is 2. The summed E-state index contributed by atoms with van der Waals surface area (Å²) in [6, 6.07) is 7.50. The molecule has 8 nitrogen and oxygen atoms in total. The van der Waals surface area contributed by atoms with Crippen molar-refractivity contribution in [2.45, 2.75) is 45.8 Å². The highest BCUT2D eigenvalue weighted by Gasteiger charge is 2.32. The first-order chi connectivity index (χ1) is 15.7. The Morgan fingerprint density at radius 3 is 2.76 bits per heavy atom. The predicted octanol–water partition coefficient (Wildman–Crippen LogP) is 3.05. The summed E-state index contributed by atoms with van der Waals surface area (Å²) in [5.41, 5.74) is 8.58. The van der Waals surface area contributed by atoms with Gasteiger partial charge in [0.2, 0.25) is 5.91 Å². The number of carbonyl (C=O) groups excluding carboxylic acids is 1. The number of halogens is 2. The number of hydrogen-bond acceptors (Lipinski definition) is 6. The van der Waals surface area contributed by atoms with Crippen molar-refractivity contribution >= 4 is 29.1 Å². The van der Waals surface area contributed by atoms with Crippen molar-refractivity contribution in [3.63, 3.8) is 0 Å². The summed E-state index contributed by atoms with van der Waals surface area (Å²) >= 11 is 6.33. The van der Waals surface area contributed by atoms with Crippen LogP contribution < -0.4 is 21.9 Å². The third-order valence-corrected chi connectivity index (χ3v) is 6.05.